The zero-order valence-electron chi connectivity index (χ0n) is 27.3. The Hall–Kier alpha value is -5.48. The summed E-state index contributed by atoms with van der Waals surface area (Å²) in [4.78, 5) is 0. The molecule has 5 nitrogen and oxygen atoms in total. The van der Waals surface area contributed by atoms with E-state index in [9.17, 15) is 0 Å². The van der Waals surface area contributed by atoms with Gasteiger partial charge in [0.25, 0.3) is 0 Å². The highest BCUT2D eigenvalue weighted by Gasteiger charge is 2.18. The fourth-order valence-electron chi connectivity index (χ4n) is 6.34. The number of rotatable bonds is 10. The van der Waals surface area contributed by atoms with Gasteiger partial charge in [0.05, 0.1) is 0 Å². The van der Waals surface area contributed by atoms with Gasteiger partial charge in [0, 0.05) is 29.9 Å². The first kappa shape index (κ1) is 30.8. The van der Waals surface area contributed by atoms with Gasteiger partial charge < -0.3 is 17.9 Å². The molecule has 0 amide bonds. The molecule has 0 saturated carbocycles. The molecular weight excluding hydrogens is 625 g/mol. The number of nitrogens with zero attached hydrogens (tertiary/aromatic N) is 1. The first-order valence-corrected chi connectivity index (χ1v) is 17.8. The molecule has 0 aliphatic rings. The van der Waals surface area contributed by atoms with Crippen LogP contribution in [0, 0.1) is 0 Å². The summed E-state index contributed by atoms with van der Waals surface area (Å²) < 4.78 is 28.7. The van der Waals surface area contributed by atoms with Gasteiger partial charge in [0.2, 0.25) is 0 Å². The van der Waals surface area contributed by atoms with Crippen molar-refractivity contribution in [3.63, 3.8) is 0 Å². The molecule has 49 heavy (non-hydrogen) atoms. The normalized spacial score (nSPS) is 11.5. The van der Waals surface area contributed by atoms with Gasteiger partial charge in [-0.2, -0.15) is 4.67 Å². The summed E-state index contributed by atoms with van der Waals surface area (Å²) in [5, 5.41) is 6.75. The Bertz CT molecular complexity index is 2270. The lowest BCUT2D eigenvalue weighted by Gasteiger charge is -2.18. The lowest BCUT2D eigenvalue weighted by atomic mass is 9.99. The lowest BCUT2D eigenvalue weighted by molar-refractivity contribution is 0.289. The van der Waals surface area contributed by atoms with Gasteiger partial charge in [0.15, 0.2) is 0 Å². The monoisotopic (exact) mass is 661 g/mol. The van der Waals surface area contributed by atoms with Crippen LogP contribution < -0.4 is 14.1 Å². The molecule has 0 atom stereocenters. The van der Waals surface area contributed by atoms with Crippen LogP contribution in [-0.2, 0) is 19.8 Å². The molecule has 0 saturated heterocycles. The SMILES string of the molecule is CCN(Cc1cc(OCc2ccccc2)cc(OCc2ccccc2)c1)p1oc2ccc3ccccc3c2c2c(ccc3ccccc32)o1. The second kappa shape index (κ2) is 13.9. The predicted molar refractivity (Wildman–Crippen MR) is 202 cm³/mol. The maximum Gasteiger partial charge on any atom is 0.309 e. The van der Waals surface area contributed by atoms with Gasteiger partial charge >= 0.3 is 8.16 Å². The number of hydrogen-bond donors (Lipinski definition) is 0. The minimum atomic E-state index is -1.53. The molecule has 0 unspecified atom stereocenters. The Kier molecular flexibility index (Phi) is 8.77. The van der Waals surface area contributed by atoms with E-state index >= 15 is 0 Å². The van der Waals surface area contributed by atoms with Crippen molar-refractivity contribution in [2.75, 3.05) is 11.2 Å². The van der Waals surface area contributed by atoms with Crippen LogP contribution >= 0.6 is 8.16 Å². The average molecular weight is 662 g/mol. The van der Waals surface area contributed by atoms with Crippen LogP contribution in [0.4, 0.5) is 0 Å². The summed E-state index contributed by atoms with van der Waals surface area (Å²) in [6, 6.07) is 52.0. The summed E-state index contributed by atoms with van der Waals surface area (Å²) in [6.07, 6.45) is 0. The summed E-state index contributed by atoms with van der Waals surface area (Å²) in [5.74, 6) is 1.51. The van der Waals surface area contributed by atoms with Gasteiger partial charge in [-0.15, -0.1) is 0 Å². The minimum absolute atomic E-state index is 0.467. The van der Waals surface area contributed by atoms with Crippen LogP contribution in [0.15, 0.2) is 160 Å². The van der Waals surface area contributed by atoms with Crippen molar-refractivity contribution in [2.24, 2.45) is 0 Å². The number of fused-ring (bicyclic) bond motifs is 7. The molecule has 0 radical (unpaired) electrons. The summed E-state index contributed by atoms with van der Waals surface area (Å²) in [7, 11) is -1.53. The molecule has 0 fully saturated rings. The Balaban J connectivity index is 1.22. The zero-order valence-corrected chi connectivity index (χ0v) is 28.2. The van der Waals surface area contributed by atoms with Crippen LogP contribution in [0.5, 0.6) is 11.5 Å². The van der Waals surface area contributed by atoms with E-state index in [1.54, 1.807) is 0 Å². The Morgan fingerprint density at radius 1 is 0.510 bits per heavy atom. The molecule has 6 heteroatoms. The van der Waals surface area contributed by atoms with Crippen molar-refractivity contribution in [1.82, 2.24) is 0 Å². The van der Waals surface area contributed by atoms with Crippen LogP contribution in [0.1, 0.15) is 23.6 Å². The van der Waals surface area contributed by atoms with Gasteiger partial charge in [-0.1, -0.05) is 128 Å². The molecule has 8 aromatic rings. The standard InChI is InChI=1S/C43H36NO4P/c1-2-44(28-33-25-36(45-29-31-13-5-3-6-14-31)27-37(26-33)46-30-32-15-7-4-8-16-32)49-47-40-23-21-34-17-9-11-19-38(34)42(40)43-39-20-12-10-18-35(39)22-24-41(43)48-49/h3-27H,2,28-30H2,1H3. The third kappa shape index (κ3) is 6.64. The molecule has 242 valence electrons. The summed E-state index contributed by atoms with van der Waals surface area (Å²) in [6.45, 7) is 4.37. The maximum absolute atomic E-state index is 6.90. The quantitative estimate of drug-likeness (QED) is 0.146. The highest BCUT2D eigenvalue weighted by atomic mass is 31.1. The van der Waals surface area contributed by atoms with Crippen molar-refractivity contribution in [3.05, 3.63) is 168 Å². The first-order chi connectivity index (χ1) is 24.2. The third-order valence-corrected chi connectivity index (χ3v) is 10.4. The first-order valence-electron chi connectivity index (χ1n) is 16.6. The molecule has 0 bridgehead atoms. The van der Waals surface area contributed by atoms with Crippen molar-refractivity contribution >= 4 is 51.6 Å². The van der Waals surface area contributed by atoms with E-state index in [0.717, 1.165) is 71.7 Å². The lowest BCUT2D eigenvalue weighted by Crippen LogP contribution is -2.18. The van der Waals surface area contributed by atoms with E-state index in [-0.39, 0.29) is 0 Å². The fraction of sp³-hybridized carbons (Fsp3) is 0.116. The number of benzene rings is 7. The Morgan fingerprint density at radius 2 is 0.980 bits per heavy atom. The van der Waals surface area contributed by atoms with E-state index in [0.29, 0.717) is 26.3 Å². The second-order valence-electron chi connectivity index (χ2n) is 12.1. The summed E-state index contributed by atoms with van der Waals surface area (Å²) in [5.41, 5.74) is 4.91. The largest absolute Gasteiger partial charge is 0.489 e. The maximum atomic E-state index is 6.90. The molecule has 1 aromatic heterocycles. The van der Waals surface area contributed by atoms with Crippen LogP contribution in [0.3, 0.4) is 0 Å². The number of hydrogen-bond acceptors (Lipinski definition) is 5. The zero-order chi connectivity index (χ0) is 33.0. The second-order valence-corrected chi connectivity index (χ2v) is 13.5. The molecule has 0 aliphatic carbocycles. The van der Waals surface area contributed by atoms with Crippen molar-refractivity contribution in [3.8, 4) is 11.5 Å². The predicted octanol–water partition coefficient (Wildman–Crippen LogP) is 11.9. The molecule has 1 heterocycles. The van der Waals surface area contributed by atoms with Crippen molar-refractivity contribution < 1.29 is 17.9 Å². The highest BCUT2D eigenvalue weighted by molar-refractivity contribution is 7.38. The van der Waals surface area contributed by atoms with Crippen LogP contribution in [0.2, 0.25) is 0 Å². The minimum Gasteiger partial charge on any atom is -0.489 e. The van der Waals surface area contributed by atoms with Crippen molar-refractivity contribution in [1.29, 1.82) is 0 Å². The number of ether oxygens (including phenoxy) is 2. The Labute approximate surface area is 286 Å². The van der Waals surface area contributed by atoms with E-state index in [2.05, 4.69) is 121 Å². The average Bonchev–Trinajstić information content (AvgIpc) is 3.33. The molecular formula is C43H36NO4P. The molecule has 0 N–H and O–H groups in total. The topological polar surface area (TPSA) is 48.0 Å². The van der Waals surface area contributed by atoms with E-state index < -0.39 is 8.16 Å². The van der Waals surface area contributed by atoms with E-state index in [1.165, 1.54) is 0 Å². The molecule has 8 rings (SSSR count). The van der Waals surface area contributed by atoms with Crippen LogP contribution in [-0.4, -0.2) is 6.54 Å². The highest BCUT2D eigenvalue weighted by Crippen LogP contribution is 2.42. The third-order valence-electron chi connectivity index (χ3n) is 8.78. The molecule has 0 aliphatic heterocycles. The van der Waals surface area contributed by atoms with E-state index in [4.69, 9.17) is 17.9 Å². The van der Waals surface area contributed by atoms with Crippen LogP contribution in [0.25, 0.3) is 43.5 Å². The smallest absolute Gasteiger partial charge is 0.309 e. The summed E-state index contributed by atoms with van der Waals surface area (Å²) >= 11 is 0. The molecule has 7 aromatic carbocycles. The van der Waals surface area contributed by atoms with Gasteiger partial charge in [0.1, 0.15) is 35.9 Å². The van der Waals surface area contributed by atoms with Gasteiger partial charge in [-0.3, -0.25) is 0 Å². The van der Waals surface area contributed by atoms with E-state index in [1.807, 2.05) is 42.5 Å². The van der Waals surface area contributed by atoms with Gasteiger partial charge in [-0.25, -0.2) is 0 Å². The Morgan fingerprint density at radius 3 is 1.47 bits per heavy atom. The molecule has 0 spiro atoms. The van der Waals surface area contributed by atoms with Crippen molar-refractivity contribution in [2.45, 2.75) is 26.7 Å². The fourth-order valence-corrected chi connectivity index (χ4v) is 7.76. The van der Waals surface area contributed by atoms with Gasteiger partial charge in [-0.05, 0) is 62.5 Å².